The van der Waals surface area contributed by atoms with E-state index in [2.05, 4.69) is 0 Å². The Morgan fingerprint density at radius 2 is 2.00 bits per heavy atom. The zero-order valence-corrected chi connectivity index (χ0v) is 11.2. The highest BCUT2D eigenvalue weighted by molar-refractivity contribution is 5.96. The quantitative estimate of drug-likeness (QED) is 0.489. The molecule has 0 aromatic heterocycles. The lowest BCUT2D eigenvalue weighted by atomic mass is 9.84. The molecule has 0 amide bonds. The molecule has 0 bridgehead atoms. The molecule has 1 aliphatic heterocycles. The molecule has 3 atom stereocenters. The van der Waals surface area contributed by atoms with E-state index in [0.717, 1.165) is 12.8 Å². The number of rotatable bonds is 0. The number of esters is 1. The number of carbonyl (C=O) groups excluding carboxylic acids is 2. The maximum atomic E-state index is 11.9. The molecule has 0 saturated carbocycles. The lowest BCUT2D eigenvalue weighted by Gasteiger charge is -2.18. The van der Waals surface area contributed by atoms with E-state index in [9.17, 15) is 9.59 Å². The van der Waals surface area contributed by atoms with Crippen molar-refractivity contribution in [1.29, 1.82) is 0 Å². The van der Waals surface area contributed by atoms with Crippen molar-refractivity contribution in [2.45, 2.75) is 46.1 Å². The molecule has 1 aliphatic carbocycles. The number of ether oxygens (including phenoxy) is 1. The first-order chi connectivity index (χ1) is 8.49. The van der Waals surface area contributed by atoms with Gasteiger partial charge in [-0.15, -0.1) is 0 Å². The summed E-state index contributed by atoms with van der Waals surface area (Å²) in [6.45, 7) is 5.77. The average Bonchev–Trinajstić information content (AvgIpc) is 2.59. The second-order valence-corrected chi connectivity index (χ2v) is 5.42. The summed E-state index contributed by atoms with van der Waals surface area (Å²) >= 11 is 0. The Morgan fingerprint density at radius 1 is 1.28 bits per heavy atom. The van der Waals surface area contributed by atoms with E-state index in [1.54, 1.807) is 6.92 Å². The molecule has 1 unspecified atom stereocenters. The van der Waals surface area contributed by atoms with Gasteiger partial charge in [0.15, 0.2) is 5.78 Å². The van der Waals surface area contributed by atoms with Crippen molar-refractivity contribution in [3.05, 3.63) is 23.3 Å². The highest BCUT2D eigenvalue weighted by atomic mass is 16.6. The lowest BCUT2D eigenvalue weighted by molar-refractivity contribution is -0.142. The van der Waals surface area contributed by atoms with E-state index in [4.69, 9.17) is 4.74 Å². The Morgan fingerprint density at radius 3 is 2.72 bits per heavy atom. The molecule has 0 spiro atoms. The lowest BCUT2D eigenvalue weighted by Crippen LogP contribution is -2.19. The standard InChI is InChI=1S/C15H20O3/c1-9-4-6-12-11(3)15(17)18-14(12)8-10(2)13(16)7-5-9/h5,8,11-12,14H,4,6-7H2,1-3H3/b9-5+,10-8+/t11-,12?,14+/m0/s1. The van der Waals surface area contributed by atoms with Gasteiger partial charge in [0.2, 0.25) is 0 Å². The van der Waals surface area contributed by atoms with Gasteiger partial charge in [-0.2, -0.15) is 0 Å². The molecule has 98 valence electrons. The van der Waals surface area contributed by atoms with Crippen LogP contribution in [-0.4, -0.2) is 17.9 Å². The Labute approximate surface area is 108 Å². The molecule has 1 saturated heterocycles. The van der Waals surface area contributed by atoms with Crippen LogP contribution in [0.5, 0.6) is 0 Å². The highest BCUT2D eigenvalue weighted by Gasteiger charge is 2.40. The summed E-state index contributed by atoms with van der Waals surface area (Å²) in [6, 6.07) is 0. The van der Waals surface area contributed by atoms with Crippen molar-refractivity contribution in [2.75, 3.05) is 0 Å². The molecule has 1 fully saturated rings. The van der Waals surface area contributed by atoms with E-state index >= 15 is 0 Å². The Hall–Kier alpha value is -1.38. The second kappa shape index (κ2) is 5.09. The Balaban J connectivity index is 2.29. The third kappa shape index (κ3) is 2.55. The first-order valence-electron chi connectivity index (χ1n) is 6.57. The molecule has 0 N–H and O–H groups in total. The minimum Gasteiger partial charge on any atom is -0.458 e. The van der Waals surface area contributed by atoms with Crippen LogP contribution in [0.1, 0.15) is 40.0 Å². The summed E-state index contributed by atoms with van der Waals surface area (Å²) in [5, 5.41) is 0. The van der Waals surface area contributed by atoms with Crippen LogP contribution < -0.4 is 0 Å². The van der Waals surface area contributed by atoms with Gasteiger partial charge in [-0.1, -0.05) is 18.6 Å². The van der Waals surface area contributed by atoms with Crippen molar-refractivity contribution in [2.24, 2.45) is 11.8 Å². The van der Waals surface area contributed by atoms with E-state index in [1.165, 1.54) is 5.57 Å². The summed E-state index contributed by atoms with van der Waals surface area (Å²) in [7, 11) is 0. The van der Waals surface area contributed by atoms with Gasteiger partial charge in [-0.3, -0.25) is 9.59 Å². The van der Waals surface area contributed by atoms with E-state index in [1.807, 2.05) is 26.0 Å². The average molecular weight is 248 g/mol. The van der Waals surface area contributed by atoms with Gasteiger partial charge in [0.1, 0.15) is 6.10 Å². The summed E-state index contributed by atoms with van der Waals surface area (Å²) in [6.07, 6.45) is 5.95. The number of carbonyl (C=O) groups is 2. The number of hydrogen-bond acceptors (Lipinski definition) is 3. The fourth-order valence-electron chi connectivity index (χ4n) is 2.62. The van der Waals surface area contributed by atoms with Gasteiger partial charge in [0.05, 0.1) is 5.92 Å². The first-order valence-corrected chi connectivity index (χ1v) is 6.57. The maximum Gasteiger partial charge on any atom is 0.309 e. The topological polar surface area (TPSA) is 43.4 Å². The molecular formula is C15H20O3. The third-order valence-corrected chi connectivity index (χ3v) is 4.05. The molecule has 2 rings (SSSR count). The van der Waals surface area contributed by atoms with Crippen molar-refractivity contribution < 1.29 is 14.3 Å². The third-order valence-electron chi connectivity index (χ3n) is 4.05. The fraction of sp³-hybridized carbons (Fsp3) is 0.600. The molecule has 0 aromatic rings. The molecule has 18 heavy (non-hydrogen) atoms. The highest BCUT2D eigenvalue weighted by Crippen LogP contribution is 2.34. The van der Waals surface area contributed by atoms with Crippen LogP contribution in [0.2, 0.25) is 0 Å². The molecule has 3 nitrogen and oxygen atoms in total. The summed E-state index contributed by atoms with van der Waals surface area (Å²) in [4.78, 5) is 23.5. The molecular weight excluding hydrogens is 228 g/mol. The van der Waals surface area contributed by atoms with Crippen LogP contribution in [0, 0.1) is 11.8 Å². The van der Waals surface area contributed by atoms with Crippen LogP contribution in [-0.2, 0) is 14.3 Å². The van der Waals surface area contributed by atoms with E-state index < -0.39 is 0 Å². The zero-order valence-electron chi connectivity index (χ0n) is 11.2. The predicted octanol–water partition coefficient (Wildman–Crippen LogP) is 2.81. The normalized spacial score (nSPS) is 39.2. The number of Topliss-reactive ketones (excluding diaryl/α,β-unsaturated/α-hetero) is 1. The van der Waals surface area contributed by atoms with Crippen molar-refractivity contribution in [1.82, 2.24) is 0 Å². The zero-order chi connectivity index (χ0) is 13.3. The smallest absolute Gasteiger partial charge is 0.309 e. The van der Waals surface area contributed by atoms with Crippen molar-refractivity contribution >= 4 is 11.8 Å². The minimum absolute atomic E-state index is 0.0682. The van der Waals surface area contributed by atoms with Gasteiger partial charge >= 0.3 is 5.97 Å². The molecule has 3 heteroatoms. The van der Waals surface area contributed by atoms with Crippen molar-refractivity contribution in [3.63, 3.8) is 0 Å². The number of hydrogen-bond donors (Lipinski definition) is 0. The van der Waals surface area contributed by atoms with Crippen LogP contribution in [0.3, 0.4) is 0 Å². The van der Waals surface area contributed by atoms with Crippen LogP contribution >= 0.6 is 0 Å². The van der Waals surface area contributed by atoms with Gasteiger partial charge < -0.3 is 4.74 Å². The van der Waals surface area contributed by atoms with Gasteiger partial charge in [-0.05, 0) is 38.3 Å². The first kappa shape index (κ1) is 13.1. The Bertz CT molecular complexity index is 431. The number of allylic oxidation sites excluding steroid dienone is 3. The van der Waals surface area contributed by atoms with Gasteiger partial charge in [0, 0.05) is 12.3 Å². The maximum absolute atomic E-state index is 11.9. The van der Waals surface area contributed by atoms with Gasteiger partial charge in [-0.25, -0.2) is 0 Å². The summed E-state index contributed by atoms with van der Waals surface area (Å²) in [5.74, 6) is 0.107. The van der Waals surface area contributed by atoms with E-state index in [0.29, 0.717) is 12.0 Å². The van der Waals surface area contributed by atoms with Crippen LogP contribution in [0.25, 0.3) is 0 Å². The monoisotopic (exact) mass is 248 g/mol. The fourth-order valence-corrected chi connectivity index (χ4v) is 2.62. The summed E-state index contributed by atoms with van der Waals surface area (Å²) < 4.78 is 5.38. The molecule has 0 aromatic carbocycles. The van der Waals surface area contributed by atoms with Gasteiger partial charge in [0.25, 0.3) is 0 Å². The largest absolute Gasteiger partial charge is 0.458 e. The van der Waals surface area contributed by atoms with Crippen LogP contribution in [0.4, 0.5) is 0 Å². The minimum atomic E-state index is -0.220. The predicted molar refractivity (Wildman–Crippen MR) is 68.9 cm³/mol. The van der Waals surface area contributed by atoms with Crippen LogP contribution in [0.15, 0.2) is 23.3 Å². The second-order valence-electron chi connectivity index (χ2n) is 5.42. The molecule has 0 radical (unpaired) electrons. The molecule has 1 heterocycles. The van der Waals surface area contributed by atoms with E-state index in [-0.39, 0.29) is 29.7 Å². The number of fused-ring (bicyclic) bond motifs is 1. The summed E-state index contributed by atoms with van der Waals surface area (Å²) in [5.41, 5.74) is 1.93. The van der Waals surface area contributed by atoms with Crippen molar-refractivity contribution in [3.8, 4) is 0 Å². The SMILES string of the molecule is C/C1=C\CC(=O)/C(C)=C/[C@H]2OC(=O)[C@@H](C)C2CC1. The Kier molecular flexibility index (Phi) is 3.69. The number of ketones is 1. The molecule has 2 aliphatic rings.